The minimum atomic E-state index is -0.940. The van der Waals surface area contributed by atoms with Crippen LogP contribution < -0.4 is 34.7 Å². The van der Waals surface area contributed by atoms with Gasteiger partial charge in [-0.25, -0.2) is 0 Å². The van der Waals surface area contributed by atoms with Crippen LogP contribution in [0.3, 0.4) is 0 Å². The molecule has 0 aliphatic carbocycles. The third kappa shape index (κ3) is 25.5. The number of carboxylic acid groups (broad SMARTS) is 1. The van der Waals surface area contributed by atoms with Gasteiger partial charge in [0.1, 0.15) is 0 Å². The van der Waals surface area contributed by atoms with E-state index in [1.54, 1.807) is 0 Å². The SMILES string of the molecule is CC/C=C\C/C=C\C/C=C\C/C=C\C/C=C\CCCCCC(=O)[O-].[Na+]. The molecule has 0 aliphatic heterocycles. The zero-order valence-electron chi connectivity index (χ0n) is 16.2. The first-order valence-electron chi connectivity index (χ1n) is 9.22. The number of allylic oxidation sites excluding steroid dienone is 10. The monoisotopic (exact) mass is 352 g/mol. The van der Waals surface area contributed by atoms with Crippen molar-refractivity contribution >= 4 is 5.97 Å². The molecule has 134 valence electrons. The van der Waals surface area contributed by atoms with Gasteiger partial charge in [0.15, 0.2) is 0 Å². The summed E-state index contributed by atoms with van der Waals surface area (Å²) in [5.41, 5.74) is 0. The van der Waals surface area contributed by atoms with Gasteiger partial charge in [0.25, 0.3) is 0 Å². The van der Waals surface area contributed by atoms with Crippen molar-refractivity contribution in [3.63, 3.8) is 0 Å². The zero-order valence-corrected chi connectivity index (χ0v) is 18.2. The van der Waals surface area contributed by atoms with Crippen LogP contribution in [0.5, 0.6) is 0 Å². The topological polar surface area (TPSA) is 40.1 Å². The number of unbranched alkanes of at least 4 members (excludes halogenated alkanes) is 3. The molecular formula is C22H33NaO2. The van der Waals surface area contributed by atoms with Crippen LogP contribution in [-0.2, 0) is 4.79 Å². The van der Waals surface area contributed by atoms with Gasteiger partial charge in [-0.05, 0) is 57.8 Å². The van der Waals surface area contributed by atoms with E-state index in [0.29, 0.717) is 0 Å². The van der Waals surface area contributed by atoms with Gasteiger partial charge in [-0.3, -0.25) is 0 Å². The third-order valence-electron chi connectivity index (χ3n) is 3.41. The van der Waals surface area contributed by atoms with Crippen LogP contribution in [-0.4, -0.2) is 5.97 Å². The van der Waals surface area contributed by atoms with Crippen molar-refractivity contribution in [3.8, 4) is 0 Å². The molecule has 0 saturated carbocycles. The number of hydrogen-bond donors (Lipinski definition) is 0. The number of hydrogen-bond acceptors (Lipinski definition) is 2. The molecule has 2 nitrogen and oxygen atoms in total. The van der Waals surface area contributed by atoms with Gasteiger partial charge in [-0.1, -0.05) is 74.1 Å². The smallest absolute Gasteiger partial charge is 0.550 e. The second kappa shape index (κ2) is 23.2. The number of aliphatic carboxylic acids is 1. The Hall–Kier alpha value is -0.830. The van der Waals surface area contributed by atoms with Crippen LogP contribution in [0.2, 0.25) is 0 Å². The maximum atomic E-state index is 10.2. The normalized spacial score (nSPS) is 12.2. The van der Waals surface area contributed by atoms with Crippen molar-refractivity contribution in [1.29, 1.82) is 0 Å². The Morgan fingerprint density at radius 3 is 1.56 bits per heavy atom. The summed E-state index contributed by atoms with van der Waals surface area (Å²) in [5, 5.41) is 10.2. The van der Waals surface area contributed by atoms with Crippen molar-refractivity contribution < 1.29 is 39.5 Å². The fourth-order valence-corrected chi connectivity index (χ4v) is 2.08. The molecule has 0 amide bonds. The van der Waals surface area contributed by atoms with Crippen LogP contribution >= 0.6 is 0 Å². The number of carbonyl (C=O) groups excluding carboxylic acids is 1. The summed E-state index contributed by atoms with van der Waals surface area (Å²) in [4.78, 5) is 10.2. The van der Waals surface area contributed by atoms with Crippen LogP contribution in [0.15, 0.2) is 60.8 Å². The minimum Gasteiger partial charge on any atom is -0.550 e. The maximum absolute atomic E-state index is 10.2. The number of carboxylic acids is 1. The largest absolute Gasteiger partial charge is 1.00 e. The predicted molar refractivity (Wildman–Crippen MR) is 103 cm³/mol. The molecule has 0 aromatic carbocycles. The van der Waals surface area contributed by atoms with E-state index in [2.05, 4.69) is 67.7 Å². The Morgan fingerprint density at radius 2 is 1.12 bits per heavy atom. The molecule has 0 N–H and O–H groups in total. The van der Waals surface area contributed by atoms with Crippen molar-refractivity contribution in [2.45, 2.75) is 71.1 Å². The summed E-state index contributed by atoms with van der Waals surface area (Å²) in [7, 11) is 0. The van der Waals surface area contributed by atoms with Crippen LogP contribution in [0, 0.1) is 0 Å². The van der Waals surface area contributed by atoms with E-state index >= 15 is 0 Å². The summed E-state index contributed by atoms with van der Waals surface area (Å²) >= 11 is 0. The number of rotatable bonds is 15. The van der Waals surface area contributed by atoms with Gasteiger partial charge in [0, 0.05) is 5.97 Å². The second-order valence-electron chi connectivity index (χ2n) is 5.68. The van der Waals surface area contributed by atoms with E-state index in [1.807, 2.05) is 0 Å². The van der Waals surface area contributed by atoms with Crippen LogP contribution in [0.25, 0.3) is 0 Å². The summed E-state index contributed by atoms with van der Waals surface area (Å²) < 4.78 is 0. The molecule has 3 heteroatoms. The van der Waals surface area contributed by atoms with E-state index in [0.717, 1.165) is 57.8 Å². The van der Waals surface area contributed by atoms with E-state index in [1.165, 1.54) is 0 Å². The molecule has 0 rings (SSSR count). The molecule has 0 heterocycles. The Kier molecular flexibility index (Phi) is 24.5. The maximum Gasteiger partial charge on any atom is 1.00 e. The molecule has 0 spiro atoms. The molecule has 0 aliphatic rings. The van der Waals surface area contributed by atoms with Gasteiger partial charge in [-0.2, -0.15) is 0 Å². The van der Waals surface area contributed by atoms with Gasteiger partial charge in [-0.15, -0.1) is 0 Å². The Balaban J connectivity index is 0. The average Bonchev–Trinajstić information content (AvgIpc) is 2.56. The van der Waals surface area contributed by atoms with E-state index in [-0.39, 0.29) is 36.0 Å². The first kappa shape index (κ1) is 26.4. The van der Waals surface area contributed by atoms with E-state index in [9.17, 15) is 9.90 Å². The minimum absolute atomic E-state index is 0. The summed E-state index contributed by atoms with van der Waals surface area (Å²) in [6, 6.07) is 0. The second-order valence-corrected chi connectivity index (χ2v) is 5.68. The molecule has 0 fully saturated rings. The zero-order chi connectivity index (χ0) is 17.7. The van der Waals surface area contributed by atoms with E-state index < -0.39 is 5.97 Å². The molecule has 0 unspecified atom stereocenters. The summed E-state index contributed by atoms with van der Waals surface area (Å²) in [5.74, 6) is -0.940. The molecule has 0 saturated heterocycles. The molecule has 0 aromatic rings. The van der Waals surface area contributed by atoms with Gasteiger partial charge in [0.2, 0.25) is 0 Å². The van der Waals surface area contributed by atoms with Gasteiger partial charge < -0.3 is 9.90 Å². The summed E-state index contributed by atoms with van der Waals surface area (Å²) in [6.45, 7) is 2.15. The predicted octanol–water partition coefficient (Wildman–Crippen LogP) is 2.44. The molecule has 0 radical (unpaired) electrons. The van der Waals surface area contributed by atoms with Crippen LogP contribution in [0.1, 0.15) is 71.1 Å². The fraction of sp³-hybridized carbons (Fsp3) is 0.500. The van der Waals surface area contributed by atoms with E-state index in [4.69, 9.17) is 0 Å². The van der Waals surface area contributed by atoms with Crippen molar-refractivity contribution in [3.05, 3.63) is 60.8 Å². The Bertz CT molecular complexity index is 431. The van der Waals surface area contributed by atoms with Crippen molar-refractivity contribution in [2.24, 2.45) is 0 Å². The van der Waals surface area contributed by atoms with Gasteiger partial charge >= 0.3 is 29.6 Å². The third-order valence-corrected chi connectivity index (χ3v) is 3.41. The molecule has 0 aromatic heterocycles. The molecular weight excluding hydrogens is 319 g/mol. The average molecular weight is 352 g/mol. The Morgan fingerprint density at radius 1 is 0.680 bits per heavy atom. The quantitative estimate of drug-likeness (QED) is 0.258. The first-order chi connectivity index (χ1) is 11.8. The molecule has 0 atom stereocenters. The van der Waals surface area contributed by atoms with Gasteiger partial charge in [0.05, 0.1) is 0 Å². The molecule has 0 bridgehead atoms. The van der Waals surface area contributed by atoms with Crippen LogP contribution in [0.4, 0.5) is 0 Å². The standard InChI is InChI=1S/C22H34O2.Na/c1-2-3-4-5-6-7-8-9-10-11-12-13-14-15-16-17-18-19-20-21-22(23)24;/h3-4,6-7,9-10,12-13,15-16H,2,5,8,11,14,17-21H2,1H3,(H,23,24);/q;+1/p-1/b4-3-,7-6-,10-9-,13-12-,16-15-;. The van der Waals surface area contributed by atoms with Crippen molar-refractivity contribution in [1.82, 2.24) is 0 Å². The number of carbonyl (C=O) groups is 1. The first-order valence-corrected chi connectivity index (χ1v) is 9.22. The summed E-state index contributed by atoms with van der Waals surface area (Å²) in [6.07, 6.45) is 31.0. The van der Waals surface area contributed by atoms with Crippen molar-refractivity contribution in [2.75, 3.05) is 0 Å². The Labute approximate surface area is 176 Å². The molecule has 25 heavy (non-hydrogen) atoms. The fourth-order valence-electron chi connectivity index (χ4n) is 2.08.